The lowest BCUT2D eigenvalue weighted by Gasteiger charge is -2.44. The SMILES string of the molecule is Nc1ccc(F)cc1CN1CCCC2CCCCC21. The van der Waals surface area contributed by atoms with Crippen molar-refractivity contribution < 1.29 is 4.39 Å². The summed E-state index contributed by atoms with van der Waals surface area (Å²) in [6.07, 6.45) is 8.06. The van der Waals surface area contributed by atoms with Crippen molar-refractivity contribution in [2.75, 3.05) is 12.3 Å². The maximum Gasteiger partial charge on any atom is 0.123 e. The minimum absolute atomic E-state index is 0.179. The highest BCUT2D eigenvalue weighted by Gasteiger charge is 2.33. The number of benzene rings is 1. The number of nitrogen functional groups attached to an aromatic ring is 1. The van der Waals surface area contributed by atoms with Crippen LogP contribution in [-0.2, 0) is 6.54 Å². The highest BCUT2D eigenvalue weighted by atomic mass is 19.1. The van der Waals surface area contributed by atoms with Gasteiger partial charge in [0.25, 0.3) is 0 Å². The van der Waals surface area contributed by atoms with Crippen LogP contribution in [0, 0.1) is 11.7 Å². The standard InChI is InChI=1S/C16H23FN2/c17-14-7-8-15(18)13(10-14)11-19-9-3-5-12-4-1-2-6-16(12)19/h7-8,10,12,16H,1-6,9,11,18H2. The summed E-state index contributed by atoms with van der Waals surface area (Å²) in [7, 11) is 0. The second-order valence-corrected chi connectivity index (χ2v) is 6.07. The second-order valence-electron chi connectivity index (χ2n) is 6.07. The Labute approximate surface area is 114 Å². The van der Waals surface area contributed by atoms with Crippen LogP contribution in [0.25, 0.3) is 0 Å². The van der Waals surface area contributed by atoms with Gasteiger partial charge >= 0.3 is 0 Å². The van der Waals surface area contributed by atoms with E-state index in [9.17, 15) is 4.39 Å². The Hall–Kier alpha value is -1.09. The number of halogens is 1. The predicted octanol–water partition coefficient (Wildman–Crippen LogP) is 3.56. The largest absolute Gasteiger partial charge is 0.398 e. The summed E-state index contributed by atoms with van der Waals surface area (Å²) in [4.78, 5) is 2.54. The molecule has 2 nitrogen and oxygen atoms in total. The summed E-state index contributed by atoms with van der Waals surface area (Å²) in [5.74, 6) is 0.679. The fourth-order valence-corrected chi connectivity index (χ4v) is 3.85. The van der Waals surface area contributed by atoms with E-state index in [0.717, 1.165) is 30.3 Å². The van der Waals surface area contributed by atoms with Gasteiger partial charge in [-0.05, 0) is 61.9 Å². The lowest BCUT2D eigenvalue weighted by atomic mass is 9.78. The molecule has 3 rings (SSSR count). The molecule has 104 valence electrons. The Morgan fingerprint density at radius 2 is 1.95 bits per heavy atom. The molecule has 0 aromatic heterocycles. The van der Waals surface area contributed by atoms with Crippen LogP contribution in [-0.4, -0.2) is 17.5 Å². The first-order chi connectivity index (χ1) is 9.24. The van der Waals surface area contributed by atoms with E-state index < -0.39 is 0 Å². The maximum absolute atomic E-state index is 13.4. The van der Waals surface area contributed by atoms with Crippen molar-refractivity contribution in [3.8, 4) is 0 Å². The summed E-state index contributed by atoms with van der Waals surface area (Å²) < 4.78 is 13.4. The minimum atomic E-state index is -0.179. The molecule has 1 aromatic carbocycles. The van der Waals surface area contributed by atoms with Crippen LogP contribution < -0.4 is 5.73 Å². The molecule has 0 bridgehead atoms. The molecule has 2 fully saturated rings. The Morgan fingerprint density at radius 1 is 1.16 bits per heavy atom. The quantitative estimate of drug-likeness (QED) is 0.826. The van der Waals surface area contributed by atoms with Gasteiger partial charge in [-0.3, -0.25) is 4.90 Å². The van der Waals surface area contributed by atoms with Gasteiger partial charge in [-0.25, -0.2) is 4.39 Å². The molecule has 1 saturated heterocycles. The lowest BCUT2D eigenvalue weighted by Crippen LogP contribution is -2.46. The van der Waals surface area contributed by atoms with E-state index in [0.29, 0.717) is 6.04 Å². The molecule has 0 amide bonds. The van der Waals surface area contributed by atoms with Crippen LogP contribution in [0.3, 0.4) is 0 Å². The van der Waals surface area contributed by atoms with E-state index in [1.807, 2.05) is 0 Å². The first-order valence-electron chi connectivity index (χ1n) is 7.52. The molecule has 0 radical (unpaired) electrons. The molecule has 2 atom stereocenters. The third-order valence-electron chi connectivity index (χ3n) is 4.84. The number of hydrogen-bond donors (Lipinski definition) is 1. The monoisotopic (exact) mass is 262 g/mol. The Balaban J connectivity index is 1.75. The molecule has 2 unspecified atom stereocenters. The third kappa shape index (κ3) is 2.76. The number of nitrogens with two attached hydrogens (primary N) is 1. The van der Waals surface area contributed by atoms with Gasteiger partial charge in [0.15, 0.2) is 0 Å². The zero-order chi connectivity index (χ0) is 13.2. The van der Waals surface area contributed by atoms with Crippen molar-refractivity contribution in [3.05, 3.63) is 29.6 Å². The number of hydrogen-bond acceptors (Lipinski definition) is 2. The van der Waals surface area contributed by atoms with Gasteiger partial charge in [0.1, 0.15) is 5.82 Å². The zero-order valence-corrected chi connectivity index (χ0v) is 11.4. The third-order valence-corrected chi connectivity index (χ3v) is 4.84. The Morgan fingerprint density at radius 3 is 2.84 bits per heavy atom. The highest BCUT2D eigenvalue weighted by Crippen LogP contribution is 2.36. The first-order valence-corrected chi connectivity index (χ1v) is 7.52. The van der Waals surface area contributed by atoms with Crippen molar-refractivity contribution in [1.29, 1.82) is 0 Å². The van der Waals surface area contributed by atoms with Crippen LogP contribution in [0.5, 0.6) is 0 Å². The van der Waals surface area contributed by atoms with E-state index in [4.69, 9.17) is 5.73 Å². The number of anilines is 1. The van der Waals surface area contributed by atoms with E-state index in [1.165, 1.54) is 44.6 Å². The Bertz CT molecular complexity index is 444. The van der Waals surface area contributed by atoms with Crippen LogP contribution in [0.4, 0.5) is 10.1 Å². The van der Waals surface area contributed by atoms with Gasteiger partial charge in [0, 0.05) is 18.3 Å². The summed E-state index contributed by atoms with van der Waals surface area (Å²) in [5, 5.41) is 0. The molecule has 1 saturated carbocycles. The molecular weight excluding hydrogens is 239 g/mol. The van der Waals surface area contributed by atoms with Crippen molar-refractivity contribution in [2.45, 2.75) is 51.1 Å². The summed E-state index contributed by atoms with van der Waals surface area (Å²) in [5.41, 5.74) is 7.65. The second kappa shape index (κ2) is 5.49. The van der Waals surface area contributed by atoms with Crippen molar-refractivity contribution in [1.82, 2.24) is 4.90 Å². The number of nitrogens with zero attached hydrogens (tertiary/aromatic N) is 1. The van der Waals surface area contributed by atoms with Crippen molar-refractivity contribution in [2.24, 2.45) is 5.92 Å². The number of rotatable bonds is 2. The van der Waals surface area contributed by atoms with E-state index in [2.05, 4.69) is 4.90 Å². The molecule has 19 heavy (non-hydrogen) atoms. The van der Waals surface area contributed by atoms with Crippen LogP contribution in [0.15, 0.2) is 18.2 Å². The molecule has 0 spiro atoms. The summed E-state index contributed by atoms with van der Waals surface area (Å²) in [6.45, 7) is 1.95. The van der Waals surface area contributed by atoms with Gasteiger partial charge in [0.2, 0.25) is 0 Å². The lowest BCUT2D eigenvalue weighted by molar-refractivity contribution is 0.0548. The highest BCUT2D eigenvalue weighted by molar-refractivity contribution is 5.46. The summed E-state index contributed by atoms with van der Waals surface area (Å²) >= 11 is 0. The van der Waals surface area contributed by atoms with Crippen LogP contribution >= 0.6 is 0 Å². The number of piperidine rings is 1. The van der Waals surface area contributed by atoms with Gasteiger partial charge in [-0.2, -0.15) is 0 Å². The first kappa shape index (κ1) is 12.9. The van der Waals surface area contributed by atoms with Gasteiger partial charge in [0.05, 0.1) is 0 Å². The smallest absolute Gasteiger partial charge is 0.123 e. The normalized spacial score (nSPS) is 28.1. The molecule has 2 N–H and O–H groups in total. The van der Waals surface area contributed by atoms with E-state index in [-0.39, 0.29) is 5.82 Å². The Kier molecular flexibility index (Phi) is 3.74. The molecule has 3 heteroatoms. The predicted molar refractivity (Wildman–Crippen MR) is 76.2 cm³/mol. The molecular formula is C16H23FN2. The van der Waals surface area contributed by atoms with Gasteiger partial charge in [-0.1, -0.05) is 12.8 Å². The van der Waals surface area contributed by atoms with Gasteiger partial charge < -0.3 is 5.73 Å². The van der Waals surface area contributed by atoms with Crippen molar-refractivity contribution in [3.63, 3.8) is 0 Å². The van der Waals surface area contributed by atoms with E-state index >= 15 is 0 Å². The van der Waals surface area contributed by atoms with Crippen LogP contribution in [0.2, 0.25) is 0 Å². The number of likely N-dealkylation sites (tertiary alicyclic amines) is 1. The summed E-state index contributed by atoms with van der Waals surface area (Å²) in [6, 6.07) is 5.43. The van der Waals surface area contributed by atoms with Gasteiger partial charge in [-0.15, -0.1) is 0 Å². The molecule has 1 aliphatic heterocycles. The molecule has 1 heterocycles. The fraction of sp³-hybridized carbons (Fsp3) is 0.625. The average Bonchev–Trinajstić information content (AvgIpc) is 2.43. The molecule has 2 aliphatic rings. The number of fused-ring (bicyclic) bond motifs is 1. The average molecular weight is 262 g/mol. The fourth-order valence-electron chi connectivity index (χ4n) is 3.85. The molecule has 1 aliphatic carbocycles. The van der Waals surface area contributed by atoms with Crippen LogP contribution in [0.1, 0.15) is 44.1 Å². The molecule has 1 aromatic rings. The van der Waals surface area contributed by atoms with E-state index in [1.54, 1.807) is 12.1 Å². The topological polar surface area (TPSA) is 29.3 Å². The van der Waals surface area contributed by atoms with Crippen molar-refractivity contribution >= 4 is 5.69 Å². The maximum atomic E-state index is 13.4. The zero-order valence-electron chi connectivity index (χ0n) is 11.4. The minimum Gasteiger partial charge on any atom is -0.398 e.